The molecule has 2 fully saturated rings. The molecule has 0 saturated carbocycles. The summed E-state index contributed by atoms with van der Waals surface area (Å²) in [6.07, 6.45) is 5.32. The van der Waals surface area contributed by atoms with Gasteiger partial charge in [-0.25, -0.2) is 0 Å². The molecule has 0 aromatic heterocycles. The third kappa shape index (κ3) is 4.95. The van der Waals surface area contributed by atoms with E-state index in [2.05, 4.69) is 36.1 Å². The van der Waals surface area contributed by atoms with Crippen LogP contribution in [0.5, 0.6) is 5.75 Å². The van der Waals surface area contributed by atoms with Crippen LogP contribution in [0.2, 0.25) is 0 Å². The molecule has 0 spiro atoms. The zero-order chi connectivity index (χ0) is 16.8. The highest BCUT2D eigenvalue weighted by atomic mass is 16.5. The molecule has 2 aliphatic rings. The SMILES string of the molecule is COc1ccc([C@@H](C)CN2CCC(OC3CCOCC3)CC2)cc1. The highest BCUT2D eigenvalue weighted by Gasteiger charge is 2.25. The average Bonchev–Trinajstić information content (AvgIpc) is 2.64. The van der Waals surface area contributed by atoms with Gasteiger partial charge in [0.25, 0.3) is 0 Å². The summed E-state index contributed by atoms with van der Waals surface area (Å²) in [5.41, 5.74) is 1.39. The number of piperidine rings is 1. The maximum Gasteiger partial charge on any atom is 0.118 e. The van der Waals surface area contributed by atoms with Gasteiger partial charge in [0.05, 0.1) is 19.3 Å². The van der Waals surface area contributed by atoms with Crippen molar-refractivity contribution in [2.75, 3.05) is 40.0 Å². The maximum absolute atomic E-state index is 6.28. The number of rotatable bonds is 6. The van der Waals surface area contributed by atoms with Crippen molar-refractivity contribution in [3.63, 3.8) is 0 Å². The van der Waals surface area contributed by atoms with Crippen molar-refractivity contribution in [3.8, 4) is 5.75 Å². The van der Waals surface area contributed by atoms with Gasteiger partial charge in [0.15, 0.2) is 0 Å². The van der Waals surface area contributed by atoms with Gasteiger partial charge < -0.3 is 19.1 Å². The molecule has 2 saturated heterocycles. The summed E-state index contributed by atoms with van der Waals surface area (Å²) in [6.45, 7) is 7.46. The Morgan fingerprint density at radius 2 is 1.67 bits per heavy atom. The van der Waals surface area contributed by atoms with Gasteiger partial charge in [-0.15, -0.1) is 0 Å². The Hall–Kier alpha value is -1.10. The number of methoxy groups -OCH3 is 1. The van der Waals surface area contributed by atoms with Crippen LogP contribution in [0.3, 0.4) is 0 Å². The quantitative estimate of drug-likeness (QED) is 0.798. The molecule has 0 N–H and O–H groups in total. The molecule has 2 heterocycles. The van der Waals surface area contributed by atoms with Crippen LogP contribution >= 0.6 is 0 Å². The number of hydrogen-bond donors (Lipinski definition) is 0. The smallest absolute Gasteiger partial charge is 0.118 e. The Bertz CT molecular complexity index is 476. The minimum atomic E-state index is 0.425. The van der Waals surface area contributed by atoms with E-state index in [1.165, 1.54) is 5.56 Å². The monoisotopic (exact) mass is 333 g/mol. The summed E-state index contributed by atoms with van der Waals surface area (Å²) >= 11 is 0. The molecule has 0 radical (unpaired) electrons. The van der Waals surface area contributed by atoms with Gasteiger partial charge in [-0.3, -0.25) is 0 Å². The second kappa shape index (κ2) is 8.84. The van der Waals surface area contributed by atoms with Gasteiger partial charge in [-0.05, 0) is 49.3 Å². The van der Waals surface area contributed by atoms with E-state index >= 15 is 0 Å². The van der Waals surface area contributed by atoms with Crippen LogP contribution in [0, 0.1) is 0 Å². The van der Waals surface area contributed by atoms with Gasteiger partial charge in [0.1, 0.15) is 5.75 Å². The van der Waals surface area contributed by atoms with Gasteiger partial charge >= 0.3 is 0 Å². The zero-order valence-corrected chi connectivity index (χ0v) is 15.1. The van der Waals surface area contributed by atoms with E-state index in [-0.39, 0.29) is 0 Å². The fraction of sp³-hybridized carbons (Fsp3) is 0.700. The number of ether oxygens (including phenoxy) is 3. The van der Waals surface area contributed by atoms with Crippen LogP contribution in [0.4, 0.5) is 0 Å². The molecule has 0 amide bonds. The summed E-state index contributed by atoms with van der Waals surface area (Å²) < 4.78 is 16.9. The summed E-state index contributed by atoms with van der Waals surface area (Å²) in [4.78, 5) is 2.58. The van der Waals surface area contributed by atoms with E-state index in [0.717, 1.165) is 64.3 Å². The van der Waals surface area contributed by atoms with Crippen LogP contribution in [0.25, 0.3) is 0 Å². The number of nitrogens with zero attached hydrogens (tertiary/aromatic N) is 1. The van der Waals surface area contributed by atoms with Crippen molar-refractivity contribution in [1.82, 2.24) is 4.90 Å². The minimum absolute atomic E-state index is 0.425. The fourth-order valence-corrected chi connectivity index (χ4v) is 3.74. The average molecular weight is 333 g/mol. The Balaban J connectivity index is 1.41. The van der Waals surface area contributed by atoms with Crippen molar-refractivity contribution in [2.24, 2.45) is 0 Å². The molecule has 4 heteroatoms. The largest absolute Gasteiger partial charge is 0.497 e. The van der Waals surface area contributed by atoms with E-state index in [1.807, 2.05) is 0 Å². The van der Waals surface area contributed by atoms with E-state index in [1.54, 1.807) is 7.11 Å². The second-order valence-corrected chi connectivity index (χ2v) is 7.12. The molecule has 0 aliphatic carbocycles. The van der Waals surface area contributed by atoms with Crippen LogP contribution in [0.15, 0.2) is 24.3 Å². The molecule has 134 valence electrons. The van der Waals surface area contributed by atoms with E-state index in [9.17, 15) is 0 Å². The first-order valence-electron chi connectivity index (χ1n) is 9.34. The topological polar surface area (TPSA) is 30.9 Å². The van der Waals surface area contributed by atoms with Crippen molar-refractivity contribution in [2.45, 2.75) is 50.7 Å². The van der Waals surface area contributed by atoms with E-state index in [4.69, 9.17) is 14.2 Å². The van der Waals surface area contributed by atoms with Crippen LogP contribution in [0.1, 0.15) is 44.1 Å². The molecule has 4 nitrogen and oxygen atoms in total. The zero-order valence-electron chi connectivity index (χ0n) is 15.1. The minimum Gasteiger partial charge on any atom is -0.497 e. The summed E-state index contributed by atoms with van der Waals surface area (Å²) in [7, 11) is 1.71. The summed E-state index contributed by atoms with van der Waals surface area (Å²) in [6, 6.07) is 8.48. The Labute approximate surface area is 146 Å². The molecule has 0 unspecified atom stereocenters. The highest BCUT2D eigenvalue weighted by Crippen LogP contribution is 2.24. The summed E-state index contributed by atoms with van der Waals surface area (Å²) in [5.74, 6) is 1.47. The third-order valence-electron chi connectivity index (χ3n) is 5.30. The number of benzene rings is 1. The first-order valence-corrected chi connectivity index (χ1v) is 9.34. The number of likely N-dealkylation sites (tertiary alicyclic amines) is 1. The molecule has 2 aliphatic heterocycles. The van der Waals surface area contributed by atoms with Crippen molar-refractivity contribution >= 4 is 0 Å². The standard InChI is InChI=1S/C20H31NO3/c1-16(17-3-5-18(22-2)6-4-17)15-21-11-7-19(8-12-21)24-20-9-13-23-14-10-20/h3-6,16,19-20H,7-15H2,1-2H3/t16-/m0/s1. The molecule has 24 heavy (non-hydrogen) atoms. The molecular weight excluding hydrogens is 302 g/mol. The van der Waals surface area contributed by atoms with Crippen molar-refractivity contribution in [3.05, 3.63) is 29.8 Å². The lowest BCUT2D eigenvalue weighted by atomic mass is 9.98. The van der Waals surface area contributed by atoms with Gasteiger partial charge in [0.2, 0.25) is 0 Å². The Morgan fingerprint density at radius 3 is 2.29 bits per heavy atom. The normalized spacial score (nSPS) is 22.4. The Morgan fingerprint density at radius 1 is 1.04 bits per heavy atom. The van der Waals surface area contributed by atoms with Crippen LogP contribution in [-0.2, 0) is 9.47 Å². The lowest BCUT2D eigenvalue weighted by Gasteiger charge is -2.36. The van der Waals surface area contributed by atoms with Crippen LogP contribution in [-0.4, -0.2) is 57.1 Å². The first kappa shape index (κ1) is 17.7. The van der Waals surface area contributed by atoms with Gasteiger partial charge in [0, 0.05) is 32.8 Å². The van der Waals surface area contributed by atoms with Gasteiger partial charge in [-0.2, -0.15) is 0 Å². The Kier molecular flexibility index (Phi) is 6.52. The molecule has 3 rings (SSSR count). The molecule has 1 aromatic rings. The summed E-state index contributed by atoms with van der Waals surface area (Å²) in [5, 5.41) is 0. The van der Waals surface area contributed by atoms with E-state index < -0.39 is 0 Å². The lowest BCUT2D eigenvalue weighted by molar-refractivity contribution is -0.0848. The van der Waals surface area contributed by atoms with Crippen molar-refractivity contribution in [1.29, 1.82) is 0 Å². The number of hydrogen-bond acceptors (Lipinski definition) is 4. The maximum atomic E-state index is 6.28. The second-order valence-electron chi connectivity index (χ2n) is 7.12. The van der Waals surface area contributed by atoms with E-state index in [0.29, 0.717) is 18.1 Å². The third-order valence-corrected chi connectivity index (χ3v) is 5.30. The molecule has 1 aromatic carbocycles. The van der Waals surface area contributed by atoms with Crippen molar-refractivity contribution < 1.29 is 14.2 Å². The fourth-order valence-electron chi connectivity index (χ4n) is 3.74. The van der Waals surface area contributed by atoms with Crippen LogP contribution < -0.4 is 4.74 Å². The highest BCUT2D eigenvalue weighted by molar-refractivity contribution is 5.29. The first-order chi connectivity index (χ1) is 11.7. The predicted octanol–water partition coefficient (Wildman–Crippen LogP) is 3.46. The predicted molar refractivity (Wildman–Crippen MR) is 95.8 cm³/mol. The lowest BCUT2D eigenvalue weighted by Crippen LogP contribution is -2.40. The molecule has 1 atom stereocenters. The molecule has 0 bridgehead atoms. The van der Waals surface area contributed by atoms with Gasteiger partial charge in [-0.1, -0.05) is 19.1 Å². The molecular formula is C20H31NO3.